The molecule has 1 rings (SSSR count). The first-order valence-corrected chi connectivity index (χ1v) is 5.72. The average Bonchev–Trinajstić information content (AvgIpc) is 2.32. The number of carbonyl (C=O) groups excluding carboxylic acids is 1. The van der Waals surface area contributed by atoms with Gasteiger partial charge in [-0.25, -0.2) is 0 Å². The Hall–Kier alpha value is -1.86. The van der Waals surface area contributed by atoms with E-state index in [1.807, 2.05) is 24.3 Å². The second-order valence-corrected chi connectivity index (χ2v) is 3.83. The predicted octanol–water partition coefficient (Wildman–Crippen LogP) is 1.82. The third kappa shape index (κ3) is 5.14. The summed E-state index contributed by atoms with van der Waals surface area (Å²) in [4.78, 5) is 11.5. The number of unbranched alkanes of at least 4 members (excludes halogenated alkanes) is 1. The Morgan fingerprint density at radius 2 is 2.00 bits per heavy atom. The molecular weight excluding hydrogens is 214 g/mol. The molecule has 4 heteroatoms. The minimum Gasteiger partial charge on any atom is -0.330 e. The summed E-state index contributed by atoms with van der Waals surface area (Å²) in [5, 5.41) is 11.3. The van der Waals surface area contributed by atoms with Crippen molar-refractivity contribution < 1.29 is 4.79 Å². The molecule has 17 heavy (non-hydrogen) atoms. The number of nitrogens with zero attached hydrogens (tertiary/aromatic N) is 1. The van der Waals surface area contributed by atoms with Crippen LogP contribution < -0.4 is 11.1 Å². The Morgan fingerprint density at radius 3 is 2.59 bits per heavy atom. The molecule has 0 aliphatic heterocycles. The van der Waals surface area contributed by atoms with Crippen molar-refractivity contribution in [3.05, 3.63) is 29.8 Å². The van der Waals surface area contributed by atoms with E-state index < -0.39 is 0 Å². The van der Waals surface area contributed by atoms with Gasteiger partial charge in [0.2, 0.25) is 5.91 Å². The van der Waals surface area contributed by atoms with E-state index in [2.05, 4.69) is 11.4 Å². The van der Waals surface area contributed by atoms with Gasteiger partial charge in [0.05, 0.1) is 12.5 Å². The molecule has 0 saturated carbocycles. The molecule has 0 aliphatic carbocycles. The number of carbonyl (C=O) groups is 1. The van der Waals surface area contributed by atoms with Gasteiger partial charge in [-0.3, -0.25) is 4.79 Å². The van der Waals surface area contributed by atoms with Crippen molar-refractivity contribution >= 4 is 11.6 Å². The molecule has 0 unspecified atom stereocenters. The van der Waals surface area contributed by atoms with Crippen molar-refractivity contribution in [2.24, 2.45) is 5.73 Å². The van der Waals surface area contributed by atoms with E-state index in [9.17, 15) is 4.79 Å². The maximum absolute atomic E-state index is 11.5. The molecular formula is C13H17N3O. The Morgan fingerprint density at radius 1 is 1.29 bits per heavy atom. The summed E-state index contributed by atoms with van der Waals surface area (Å²) < 4.78 is 0. The number of hydrogen-bond acceptors (Lipinski definition) is 3. The van der Waals surface area contributed by atoms with Crippen LogP contribution in [-0.4, -0.2) is 12.5 Å². The van der Waals surface area contributed by atoms with Gasteiger partial charge in [0.25, 0.3) is 0 Å². The van der Waals surface area contributed by atoms with Crippen LogP contribution in [0.25, 0.3) is 0 Å². The number of nitriles is 1. The first-order valence-electron chi connectivity index (χ1n) is 5.72. The molecule has 0 heterocycles. The summed E-state index contributed by atoms with van der Waals surface area (Å²) in [7, 11) is 0. The topological polar surface area (TPSA) is 78.9 Å². The molecule has 90 valence electrons. The molecule has 0 atom stereocenters. The van der Waals surface area contributed by atoms with Crippen LogP contribution in [0.2, 0.25) is 0 Å². The zero-order chi connectivity index (χ0) is 12.5. The number of anilines is 1. The van der Waals surface area contributed by atoms with Gasteiger partial charge >= 0.3 is 0 Å². The Balaban J connectivity index is 2.41. The lowest BCUT2D eigenvalue weighted by molar-refractivity contribution is -0.116. The van der Waals surface area contributed by atoms with Gasteiger partial charge in [-0.05, 0) is 37.1 Å². The standard InChI is InChI=1S/C13H17N3O/c14-9-2-1-3-13(17)16-12-6-4-11(5-7-12)8-10-15/h4-7H,1-3,8-9,14H2,(H,16,17). The highest BCUT2D eigenvalue weighted by Gasteiger charge is 2.01. The van der Waals surface area contributed by atoms with Crippen LogP contribution in [0.3, 0.4) is 0 Å². The van der Waals surface area contributed by atoms with Crippen molar-refractivity contribution in [3.8, 4) is 6.07 Å². The molecule has 0 spiro atoms. The molecule has 0 saturated heterocycles. The monoisotopic (exact) mass is 231 g/mol. The van der Waals surface area contributed by atoms with Crippen LogP contribution in [0.4, 0.5) is 5.69 Å². The normalized spacial score (nSPS) is 9.65. The van der Waals surface area contributed by atoms with Gasteiger partial charge in [0, 0.05) is 12.1 Å². The molecule has 0 aromatic heterocycles. The number of amides is 1. The summed E-state index contributed by atoms with van der Waals surface area (Å²) in [6.07, 6.45) is 2.57. The highest BCUT2D eigenvalue weighted by Crippen LogP contribution is 2.10. The van der Waals surface area contributed by atoms with Gasteiger partial charge in [0.15, 0.2) is 0 Å². The molecule has 3 N–H and O–H groups in total. The lowest BCUT2D eigenvalue weighted by Gasteiger charge is -2.05. The average molecular weight is 231 g/mol. The third-order valence-corrected chi connectivity index (χ3v) is 2.38. The maximum Gasteiger partial charge on any atom is 0.224 e. The summed E-state index contributed by atoms with van der Waals surface area (Å²) >= 11 is 0. The van der Waals surface area contributed by atoms with Crippen LogP contribution in [0.5, 0.6) is 0 Å². The van der Waals surface area contributed by atoms with Crippen LogP contribution >= 0.6 is 0 Å². The molecule has 0 bridgehead atoms. The van der Waals surface area contributed by atoms with Gasteiger partial charge in [0.1, 0.15) is 0 Å². The summed E-state index contributed by atoms with van der Waals surface area (Å²) in [5.41, 5.74) is 7.07. The lowest BCUT2D eigenvalue weighted by Crippen LogP contribution is -2.11. The van der Waals surface area contributed by atoms with Crippen LogP contribution in [0.15, 0.2) is 24.3 Å². The van der Waals surface area contributed by atoms with E-state index in [4.69, 9.17) is 11.0 Å². The van der Waals surface area contributed by atoms with Crippen molar-refractivity contribution in [2.45, 2.75) is 25.7 Å². The Labute approximate surface area is 101 Å². The number of benzene rings is 1. The predicted molar refractivity (Wildman–Crippen MR) is 67.3 cm³/mol. The van der Waals surface area contributed by atoms with Crippen molar-refractivity contribution in [1.29, 1.82) is 5.26 Å². The van der Waals surface area contributed by atoms with Gasteiger partial charge in [-0.2, -0.15) is 5.26 Å². The molecule has 4 nitrogen and oxygen atoms in total. The smallest absolute Gasteiger partial charge is 0.224 e. The van der Waals surface area contributed by atoms with E-state index in [0.717, 1.165) is 24.1 Å². The molecule has 1 aromatic carbocycles. The zero-order valence-electron chi connectivity index (χ0n) is 9.78. The highest BCUT2D eigenvalue weighted by atomic mass is 16.1. The van der Waals surface area contributed by atoms with Crippen LogP contribution in [-0.2, 0) is 11.2 Å². The second-order valence-electron chi connectivity index (χ2n) is 3.83. The summed E-state index contributed by atoms with van der Waals surface area (Å²) in [6, 6.07) is 9.40. The summed E-state index contributed by atoms with van der Waals surface area (Å²) in [6.45, 7) is 0.621. The fourth-order valence-corrected chi connectivity index (χ4v) is 1.45. The first kappa shape index (κ1) is 13.2. The number of hydrogen-bond donors (Lipinski definition) is 2. The van der Waals surface area contributed by atoms with E-state index in [1.165, 1.54) is 0 Å². The maximum atomic E-state index is 11.5. The minimum absolute atomic E-state index is 0.00600. The minimum atomic E-state index is 0.00600. The number of rotatable bonds is 6. The van der Waals surface area contributed by atoms with E-state index in [0.29, 0.717) is 19.4 Å². The molecule has 1 aromatic rings. The first-order chi connectivity index (χ1) is 8.26. The number of nitrogens with two attached hydrogens (primary N) is 1. The van der Waals surface area contributed by atoms with Gasteiger partial charge in [-0.1, -0.05) is 12.1 Å². The van der Waals surface area contributed by atoms with Crippen molar-refractivity contribution in [2.75, 3.05) is 11.9 Å². The quantitative estimate of drug-likeness (QED) is 0.733. The third-order valence-electron chi connectivity index (χ3n) is 2.38. The Kier molecular flexibility index (Phi) is 5.76. The van der Waals surface area contributed by atoms with Crippen molar-refractivity contribution in [3.63, 3.8) is 0 Å². The van der Waals surface area contributed by atoms with Gasteiger partial charge < -0.3 is 11.1 Å². The lowest BCUT2D eigenvalue weighted by atomic mass is 10.1. The molecule has 1 amide bonds. The summed E-state index contributed by atoms with van der Waals surface area (Å²) in [5.74, 6) is 0.00600. The van der Waals surface area contributed by atoms with E-state index in [-0.39, 0.29) is 5.91 Å². The fourth-order valence-electron chi connectivity index (χ4n) is 1.45. The van der Waals surface area contributed by atoms with Crippen LogP contribution in [0.1, 0.15) is 24.8 Å². The number of nitrogens with one attached hydrogen (secondary N) is 1. The second kappa shape index (κ2) is 7.42. The van der Waals surface area contributed by atoms with E-state index in [1.54, 1.807) is 0 Å². The zero-order valence-corrected chi connectivity index (χ0v) is 9.78. The molecule has 0 fully saturated rings. The van der Waals surface area contributed by atoms with Crippen molar-refractivity contribution in [1.82, 2.24) is 0 Å². The molecule has 0 aliphatic rings. The van der Waals surface area contributed by atoms with E-state index >= 15 is 0 Å². The Bertz CT molecular complexity index is 392. The van der Waals surface area contributed by atoms with Gasteiger partial charge in [-0.15, -0.1) is 0 Å². The van der Waals surface area contributed by atoms with Crippen LogP contribution in [0, 0.1) is 11.3 Å². The largest absolute Gasteiger partial charge is 0.330 e. The highest BCUT2D eigenvalue weighted by molar-refractivity contribution is 5.90. The molecule has 0 radical (unpaired) electrons. The fraction of sp³-hybridized carbons (Fsp3) is 0.385. The SMILES string of the molecule is N#CCc1ccc(NC(=O)CCCCN)cc1.